The standard InChI is InChI=1S/C24H30N2O4/c1-15(2)19-11-20(22(28)12-21(19)27)23(29)26-13-16-4-5-18(10-17(16)14-26)24(30)6-8-25(3)9-7-24/h4-5,10-12,15,27-28,30H,6-9,13-14H2,1-3H3. The highest BCUT2D eigenvalue weighted by atomic mass is 16.3. The summed E-state index contributed by atoms with van der Waals surface area (Å²) in [6, 6.07) is 8.86. The number of phenolic OH excluding ortho intramolecular Hbond substituents is 2. The van der Waals surface area contributed by atoms with Crippen molar-refractivity contribution in [1.29, 1.82) is 0 Å². The molecule has 2 aromatic rings. The summed E-state index contributed by atoms with van der Waals surface area (Å²) in [6.45, 7) is 6.48. The number of likely N-dealkylation sites (tertiary alicyclic amines) is 1. The molecular weight excluding hydrogens is 380 g/mol. The molecule has 0 radical (unpaired) electrons. The smallest absolute Gasteiger partial charge is 0.258 e. The Morgan fingerprint density at radius 1 is 1.00 bits per heavy atom. The third-order valence-electron chi connectivity index (χ3n) is 6.56. The van der Waals surface area contributed by atoms with Crippen molar-refractivity contribution < 1.29 is 20.1 Å². The van der Waals surface area contributed by atoms with Gasteiger partial charge in [-0.1, -0.05) is 32.0 Å². The second kappa shape index (κ2) is 7.60. The van der Waals surface area contributed by atoms with E-state index in [0.29, 0.717) is 31.5 Å². The quantitative estimate of drug-likeness (QED) is 0.723. The molecule has 0 spiro atoms. The molecule has 6 heteroatoms. The first-order chi connectivity index (χ1) is 14.2. The van der Waals surface area contributed by atoms with Gasteiger partial charge in [-0.2, -0.15) is 0 Å². The van der Waals surface area contributed by atoms with Crippen molar-refractivity contribution >= 4 is 5.91 Å². The van der Waals surface area contributed by atoms with E-state index in [1.165, 1.54) is 6.07 Å². The molecule has 0 bridgehead atoms. The predicted molar refractivity (Wildman–Crippen MR) is 115 cm³/mol. The molecule has 160 valence electrons. The van der Waals surface area contributed by atoms with Crippen LogP contribution in [-0.4, -0.2) is 51.2 Å². The fourth-order valence-electron chi connectivity index (χ4n) is 4.50. The molecule has 1 saturated heterocycles. The topological polar surface area (TPSA) is 84.2 Å². The second-order valence-corrected chi connectivity index (χ2v) is 9.06. The van der Waals surface area contributed by atoms with Crippen LogP contribution in [0.1, 0.15) is 65.2 Å². The molecule has 1 amide bonds. The molecule has 2 aromatic carbocycles. The van der Waals surface area contributed by atoms with Crippen molar-refractivity contribution in [3.05, 3.63) is 58.1 Å². The maximum absolute atomic E-state index is 13.1. The van der Waals surface area contributed by atoms with E-state index < -0.39 is 5.60 Å². The Labute approximate surface area is 177 Å². The summed E-state index contributed by atoms with van der Waals surface area (Å²) >= 11 is 0. The summed E-state index contributed by atoms with van der Waals surface area (Å²) in [5.41, 5.74) is 3.04. The normalized spacial score (nSPS) is 18.6. The van der Waals surface area contributed by atoms with E-state index in [0.717, 1.165) is 29.8 Å². The van der Waals surface area contributed by atoms with E-state index in [4.69, 9.17) is 0 Å². The number of hydrogen-bond acceptors (Lipinski definition) is 5. The number of rotatable bonds is 3. The number of amides is 1. The zero-order chi connectivity index (χ0) is 21.6. The van der Waals surface area contributed by atoms with Gasteiger partial charge in [0.25, 0.3) is 5.91 Å². The number of hydrogen-bond donors (Lipinski definition) is 3. The van der Waals surface area contributed by atoms with Crippen LogP contribution in [0.25, 0.3) is 0 Å². The Balaban J connectivity index is 1.57. The predicted octanol–water partition coefficient (Wildman–Crippen LogP) is 3.29. The molecule has 0 saturated carbocycles. The number of piperidine rings is 1. The molecule has 6 nitrogen and oxygen atoms in total. The van der Waals surface area contributed by atoms with Gasteiger partial charge < -0.3 is 25.1 Å². The minimum absolute atomic E-state index is 0.000212. The number of fused-ring (bicyclic) bond motifs is 1. The minimum atomic E-state index is -0.819. The lowest BCUT2D eigenvalue weighted by atomic mass is 9.83. The molecule has 0 unspecified atom stereocenters. The Morgan fingerprint density at radius 2 is 1.67 bits per heavy atom. The van der Waals surface area contributed by atoms with E-state index >= 15 is 0 Å². The van der Waals surface area contributed by atoms with Crippen LogP contribution < -0.4 is 0 Å². The number of nitrogens with zero attached hydrogens (tertiary/aromatic N) is 2. The third-order valence-corrected chi connectivity index (χ3v) is 6.56. The van der Waals surface area contributed by atoms with Gasteiger partial charge in [0.15, 0.2) is 0 Å². The number of aliphatic hydroxyl groups is 1. The average Bonchev–Trinajstić information content (AvgIpc) is 3.13. The van der Waals surface area contributed by atoms with Crippen LogP contribution in [0.5, 0.6) is 11.5 Å². The van der Waals surface area contributed by atoms with Gasteiger partial charge in [-0.25, -0.2) is 0 Å². The van der Waals surface area contributed by atoms with Crippen LogP contribution in [0.15, 0.2) is 30.3 Å². The lowest BCUT2D eigenvalue weighted by Gasteiger charge is -2.37. The van der Waals surface area contributed by atoms with Gasteiger partial charge in [-0.15, -0.1) is 0 Å². The fraction of sp³-hybridized carbons (Fsp3) is 0.458. The molecule has 2 aliphatic rings. The maximum atomic E-state index is 13.1. The molecule has 3 N–H and O–H groups in total. The molecule has 1 fully saturated rings. The van der Waals surface area contributed by atoms with Crippen molar-refractivity contribution in [2.24, 2.45) is 0 Å². The summed E-state index contributed by atoms with van der Waals surface area (Å²) in [7, 11) is 2.06. The summed E-state index contributed by atoms with van der Waals surface area (Å²) in [4.78, 5) is 17.1. The zero-order valence-corrected chi connectivity index (χ0v) is 17.9. The first-order valence-corrected chi connectivity index (χ1v) is 10.6. The number of carbonyl (C=O) groups excluding carboxylic acids is 1. The molecule has 2 heterocycles. The van der Waals surface area contributed by atoms with E-state index in [-0.39, 0.29) is 28.9 Å². The Kier molecular flexibility index (Phi) is 5.24. The summed E-state index contributed by atoms with van der Waals surface area (Å²) in [5, 5.41) is 31.5. The van der Waals surface area contributed by atoms with Crippen LogP contribution >= 0.6 is 0 Å². The largest absolute Gasteiger partial charge is 0.508 e. The van der Waals surface area contributed by atoms with Crippen LogP contribution in [0.2, 0.25) is 0 Å². The highest BCUT2D eigenvalue weighted by Gasteiger charge is 2.35. The molecule has 2 aliphatic heterocycles. The van der Waals surface area contributed by atoms with Gasteiger partial charge in [0.2, 0.25) is 0 Å². The summed E-state index contributed by atoms with van der Waals surface area (Å²) in [5.74, 6) is -0.435. The van der Waals surface area contributed by atoms with Crippen molar-refractivity contribution in [3.8, 4) is 11.5 Å². The van der Waals surface area contributed by atoms with Gasteiger partial charge in [-0.3, -0.25) is 4.79 Å². The maximum Gasteiger partial charge on any atom is 0.258 e. The zero-order valence-electron chi connectivity index (χ0n) is 17.9. The highest BCUT2D eigenvalue weighted by Crippen LogP contribution is 2.37. The average molecular weight is 411 g/mol. The van der Waals surface area contributed by atoms with E-state index in [1.54, 1.807) is 11.0 Å². The Morgan fingerprint density at radius 3 is 2.33 bits per heavy atom. The van der Waals surface area contributed by atoms with Crippen molar-refractivity contribution in [1.82, 2.24) is 9.80 Å². The van der Waals surface area contributed by atoms with E-state index in [9.17, 15) is 20.1 Å². The molecule has 4 rings (SSSR count). The first-order valence-electron chi connectivity index (χ1n) is 10.6. The van der Waals surface area contributed by atoms with Gasteiger partial charge in [0.1, 0.15) is 11.5 Å². The van der Waals surface area contributed by atoms with Gasteiger partial charge in [0, 0.05) is 32.2 Å². The first kappa shape index (κ1) is 20.7. The monoisotopic (exact) mass is 410 g/mol. The van der Waals surface area contributed by atoms with Gasteiger partial charge >= 0.3 is 0 Å². The summed E-state index contributed by atoms with van der Waals surface area (Å²) in [6.07, 6.45) is 1.40. The van der Waals surface area contributed by atoms with E-state index in [2.05, 4.69) is 11.9 Å². The third kappa shape index (κ3) is 3.66. The van der Waals surface area contributed by atoms with Crippen molar-refractivity contribution in [3.63, 3.8) is 0 Å². The van der Waals surface area contributed by atoms with Gasteiger partial charge in [0.05, 0.1) is 11.2 Å². The van der Waals surface area contributed by atoms with Gasteiger partial charge in [-0.05, 0) is 54.1 Å². The highest BCUT2D eigenvalue weighted by molar-refractivity contribution is 5.97. The molecule has 0 atom stereocenters. The van der Waals surface area contributed by atoms with Crippen molar-refractivity contribution in [2.45, 2.75) is 51.3 Å². The number of benzene rings is 2. The van der Waals surface area contributed by atoms with E-state index in [1.807, 2.05) is 32.0 Å². The Bertz CT molecular complexity index is 977. The molecule has 0 aliphatic carbocycles. The lowest BCUT2D eigenvalue weighted by molar-refractivity contribution is -0.0203. The molecule has 0 aromatic heterocycles. The molecular formula is C24H30N2O4. The summed E-state index contributed by atoms with van der Waals surface area (Å²) < 4.78 is 0. The van der Waals surface area contributed by atoms with Crippen LogP contribution in [0, 0.1) is 0 Å². The Hall–Kier alpha value is -2.57. The van der Waals surface area contributed by atoms with Crippen LogP contribution in [0.4, 0.5) is 0 Å². The molecule has 30 heavy (non-hydrogen) atoms. The SMILES string of the molecule is CC(C)c1cc(C(=O)N2Cc3ccc(C4(O)CCN(C)CC4)cc3C2)c(O)cc1O. The number of phenols is 2. The second-order valence-electron chi connectivity index (χ2n) is 9.06. The number of aromatic hydroxyl groups is 2. The lowest BCUT2D eigenvalue weighted by Crippen LogP contribution is -2.40. The minimum Gasteiger partial charge on any atom is -0.508 e. The van der Waals surface area contributed by atoms with Crippen molar-refractivity contribution in [2.75, 3.05) is 20.1 Å². The van der Waals surface area contributed by atoms with Crippen LogP contribution in [-0.2, 0) is 18.7 Å². The fourth-order valence-corrected chi connectivity index (χ4v) is 4.50. The number of carbonyl (C=O) groups is 1. The van der Waals surface area contributed by atoms with Crippen LogP contribution in [0.3, 0.4) is 0 Å².